The second-order valence-electron chi connectivity index (χ2n) is 7.05. The first-order valence-electron chi connectivity index (χ1n) is 10.2. The zero-order chi connectivity index (χ0) is 23.6. The molecule has 0 atom stereocenters. The van der Waals surface area contributed by atoms with Crippen molar-refractivity contribution in [3.63, 3.8) is 0 Å². The van der Waals surface area contributed by atoms with Crippen LogP contribution in [0.3, 0.4) is 0 Å². The van der Waals surface area contributed by atoms with Gasteiger partial charge in [0.2, 0.25) is 17.7 Å². The number of anilines is 2. The average molecular weight is 489 g/mol. The molecule has 172 valence electrons. The van der Waals surface area contributed by atoms with Gasteiger partial charge in [0.1, 0.15) is 12.4 Å². The molecule has 3 aromatic rings. The highest BCUT2D eigenvalue weighted by molar-refractivity contribution is 7.13. The fraction of sp³-hybridized carbons (Fsp3) is 0.217. The molecule has 0 spiro atoms. The van der Waals surface area contributed by atoms with Crippen molar-refractivity contribution in [1.82, 2.24) is 10.3 Å². The number of hydrogen-bond acceptors (Lipinski definition) is 5. The summed E-state index contributed by atoms with van der Waals surface area (Å²) in [6, 6.07) is 13.4. The minimum Gasteiger partial charge on any atom is -0.354 e. The van der Waals surface area contributed by atoms with Crippen molar-refractivity contribution in [2.75, 3.05) is 23.3 Å². The summed E-state index contributed by atoms with van der Waals surface area (Å²) in [5.74, 6) is -1.86. The number of nitrogens with zero attached hydrogens (tertiary/aromatic N) is 2. The predicted molar refractivity (Wildman–Crippen MR) is 127 cm³/mol. The zero-order valence-corrected chi connectivity index (χ0v) is 19.2. The SMILES string of the molecule is O=C(CN(C(=O)CCC(=O)Nc1nccs1)c1ccc(F)c(Cl)c1)NCCc1ccccc1. The number of rotatable bonds is 10. The molecule has 3 rings (SSSR count). The fourth-order valence-electron chi connectivity index (χ4n) is 2.99. The second kappa shape index (κ2) is 12.1. The Balaban J connectivity index is 1.61. The van der Waals surface area contributed by atoms with Crippen LogP contribution in [0, 0.1) is 5.82 Å². The fourth-order valence-corrected chi connectivity index (χ4v) is 3.71. The van der Waals surface area contributed by atoms with Crippen LogP contribution in [0.1, 0.15) is 18.4 Å². The lowest BCUT2D eigenvalue weighted by Gasteiger charge is -2.23. The minimum atomic E-state index is -0.636. The summed E-state index contributed by atoms with van der Waals surface area (Å²) in [5, 5.41) is 7.37. The number of benzene rings is 2. The van der Waals surface area contributed by atoms with Gasteiger partial charge in [0.15, 0.2) is 5.13 Å². The van der Waals surface area contributed by atoms with Crippen LogP contribution in [0.5, 0.6) is 0 Å². The maximum Gasteiger partial charge on any atom is 0.240 e. The van der Waals surface area contributed by atoms with Crippen LogP contribution < -0.4 is 15.5 Å². The third-order valence-electron chi connectivity index (χ3n) is 4.64. The molecule has 1 aromatic heterocycles. The van der Waals surface area contributed by atoms with Gasteiger partial charge in [0, 0.05) is 36.7 Å². The maximum absolute atomic E-state index is 13.6. The van der Waals surface area contributed by atoms with Gasteiger partial charge in [-0.1, -0.05) is 41.9 Å². The summed E-state index contributed by atoms with van der Waals surface area (Å²) in [6.45, 7) is 0.106. The van der Waals surface area contributed by atoms with E-state index in [0.717, 1.165) is 11.6 Å². The standard InChI is InChI=1S/C23H22ClFN4O3S/c24-18-14-17(6-7-19(18)25)29(15-21(31)26-11-10-16-4-2-1-3-5-16)22(32)9-8-20(30)28-23-27-12-13-33-23/h1-7,12-14H,8-11,15H2,(H,26,31)(H,27,28,30). The number of carbonyl (C=O) groups excluding carboxylic acids is 3. The molecule has 7 nitrogen and oxygen atoms in total. The molecule has 3 amide bonds. The third-order valence-corrected chi connectivity index (χ3v) is 5.62. The first kappa shape index (κ1) is 24.3. The number of carbonyl (C=O) groups is 3. The molecule has 1 heterocycles. The first-order chi connectivity index (χ1) is 15.9. The Morgan fingerprint density at radius 2 is 1.85 bits per heavy atom. The van der Waals surface area contributed by atoms with E-state index >= 15 is 0 Å². The number of hydrogen-bond donors (Lipinski definition) is 2. The van der Waals surface area contributed by atoms with Gasteiger partial charge in [0.25, 0.3) is 0 Å². The monoisotopic (exact) mass is 488 g/mol. The topological polar surface area (TPSA) is 91.4 Å². The van der Waals surface area contributed by atoms with Crippen molar-refractivity contribution in [2.24, 2.45) is 0 Å². The van der Waals surface area contributed by atoms with Gasteiger partial charge in [-0.15, -0.1) is 11.3 Å². The highest BCUT2D eigenvalue weighted by Gasteiger charge is 2.21. The van der Waals surface area contributed by atoms with E-state index in [1.807, 2.05) is 30.3 Å². The number of halogens is 2. The Labute approximate surface area is 199 Å². The first-order valence-corrected chi connectivity index (χ1v) is 11.4. The van der Waals surface area contributed by atoms with Crippen LogP contribution in [0.2, 0.25) is 5.02 Å². The molecular formula is C23H22ClFN4O3S. The van der Waals surface area contributed by atoms with E-state index in [0.29, 0.717) is 18.1 Å². The van der Waals surface area contributed by atoms with Crippen LogP contribution in [-0.2, 0) is 20.8 Å². The summed E-state index contributed by atoms with van der Waals surface area (Å²) >= 11 is 7.14. The molecule has 0 aliphatic carbocycles. The Hall–Kier alpha value is -3.30. The van der Waals surface area contributed by atoms with Crippen molar-refractivity contribution in [2.45, 2.75) is 19.3 Å². The highest BCUT2D eigenvalue weighted by atomic mass is 35.5. The Morgan fingerprint density at radius 1 is 1.06 bits per heavy atom. The van der Waals surface area contributed by atoms with Gasteiger partial charge < -0.3 is 15.5 Å². The van der Waals surface area contributed by atoms with Gasteiger partial charge in [0.05, 0.1) is 5.02 Å². The summed E-state index contributed by atoms with van der Waals surface area (Å²) in [5.41, 5.74) is 1.34. The van der Waals surface area contributed by atoms with Gasteiger partial charge in [-0.25, -0.2) is 9.37 Å². The van der Waals surface area contributed by atoms with E-state index in [1.165, 1.54) is 28.4 Å². The number of thiazole rings is 1. The summed E-state index contributed by atoms with van der Waals surface area (Å²) < 4.78 is 13.6. The lowest BCUT2D eigenvalue weighted by molar-refractivity contribution is -0.125. The molecule has 2 aromatic carbocycles. The van der Waals surface area contributed by atoms with Gasteiger partial charge in [-0.3, -0.25) is 14.4 Å². The Kier molecular flexibility index (Phi) is 8.91. The normalized spacial score (nSPS) is 10.5. The third kappa shape index (κ3) is 7.65. The van der Waals surface area contributed by atoms with E-state index in [1.54, 1.807) is 11.6 Å². The highest BCUT2D eigenvalue weighted by Crippen LogP contribution is 2.23. The lowest BCUT2D eigenvalue weighted by atomic mass is 10.1. The molecule has 0 aliphatic heterocycles. The lowest BCUT2D eigenvalue weighted by Crippen LogP contribution is -2.41. The summed E-state index contributed by atoms with van der Waals surface area (Å²) in [7, 11) is 0. The van der Waals surface area contributed by atoms with E-state index in [9.17, 15) is 18.8 Å². The summed E-state index contributed by atoms with van der Waals surface area (Å²) in [4.78, 5) is 42.7. The van der Waals surface area contributed by atoms with Crippen molar-refractivity contribution in [3.8, 4) is 0 Å². The van der Waals surface area contributed by atoms with Crippen LogP contribution >= 0.6 is 22.9 Å². The van der Waals surface area contributed by atoms with Crippen molar-refractivity contribution in [3.05, 3.63) is 76.5 Å². The molecule has 0 saturated carbocycles. The molecule has 10 heteroatoms. The largest absolute Gasteiger partial charge is 0.354 e. The molecule has 0 unspecified atom stereocenters. The molecule has 0 fully saturated rings. The zero-order valence-electron chi connectivity index (χ0n) is 17.6. The Morgan fingerprint density at radius 3 is 2.55 bits per heavy atom. The van der Waals surface area contributed by atoms with E-state index in [-0.39, 0.29) is 41.9 Å². The number of amides is 3. The predicted octanol–water partition coefficient (Wildman–Crippen LogP) is 4.05. The molecule has 0 aliphatic rings. The van der Waals surface area contributed by atoms with Crippen LogP contribution in [0.15, 0.2) is 60.1 Å². The molecule has 0 saturated heterocycles. The molecule has 0 bridgehead atoms. The quantitative estimate of drug-likeness (QED) is 0.450. The van der Waals surface area contributed by atoms with E-state index < -0.39 is 11.7 Å². The van der Waals surface area contributed by atoms with Gasteiger partial charge >= 0.3 is 0 Å². The van der Waals surface area contributed by atoms with E-state index in [4.69, 9.17) is 11.6 Å². The Bertz CT molecular complexity index is 1100. The van der Waals surface area contributed by atoms with Gasteiger partial charge in [-0.05, 0) is 30.2 Å². The smallest absolute Gasteiger partial charge is 0.240 e. The van der Waals surface area contributed by atoms with Gasteiger partial charge in [-0.2, -0.15) is 0 Å². The maximum atomic E-state index is 13.6. The van der Waals surface area contributed by atoms with Crippen molar-refractivity contribution < 1.29 is 18.8 Å². The van der Waals surface area contributed by atoms with E-state index in [2.05, 4.69) is 15.6 Å². The summed E-state index contributed by atoms with van der Waals surface area (Å²) in [6.07, 6.45) is 1.95. The van der Waals surface area contributed by atoms with Crippen LogP contribution in [0.4, 0.5) is 15.2 Å². The minimum absolute atomic E-state index is 0.0978. The van der Waals surface area contributed by atoms with Crippen molar-refractivity contribution >= 4 is 51.5 Å². The molecule has 2 N–H and O–H groups in total. The average Bonchev–Trinajstić information content (AvgIpc) is 3.31. The molecular weight excluding hydrogens is 467 g/mol. The second-order valence-corrected chi connectivity index (χ2v) is 8.35. The number of aromatic nitrogens is 1. The molecule has 33 heavy (non-hydrogen) atoms. The van der Waals surface area contributed by atoms with Crippen molar-refractivity contribution in [1.29, 1.82) is 0 Å². The van der Waals surface area contributed by atoms with Crippen LogP contribution in [-0.4, -0.2) is 35.8 Å². The number of nitrogens with one attached hydrogen (secondary N) is 2. The molecule has 0 radical (unpaired) electrons. The van der Waals surface area contributed by atoms with Crippen LogP contribution in [0.25, 0.3) is 0 Å².